The molecule has 0 aliphatic rings. The first kappa shape index (κ1) is 27.0. The van der Waals surface area contributed by atoms with Gasteiger partial charge in [-0.2, -0.15) is 8.42 Å². The van der Waals surface area contributed by atoms with Crippen LogP contribution < -0.4 is 4.72 Å². The normalized spacial score (nSPS) is 16.0. The second kappa shape index (κ2) is 10.1. The van der Waals surface area contributed by atoms with Gasteiger partial charge in [0.05, 0.1) is 29.9 Å². The Balaban J connectivity index is 3.13. The van der Waals surface area contributed by atoms with E-state index in [2.05, 4.69) is 38.6 Å². The van der Waals surface area contributed by atoms with Gasteiger partial charge in [-0.25, -0.2) is 13.1 Å². The Hall–Kier alpha value is -1.04. The molecule has 172 valence electrons. The number of benzene rings is 1. The minimum absolute atomic E-state index is 0.0508. The fourth-order valence-electron chi connectivity index (χ4n) is 2.34. The smallest absolute Gasteiger partial charge is 0.264 e. The third-order valence-corrected chi connectivity index (χ3v) is 11.7. The number of aryl methyl sites for hydroxylation is 1. The lowest BCUT2D eigenvalue weighted by atomic mass is 10.2. The van der Waals surface area contributed by atoms with Crippen LogP contribution in [0.25, 0.3) is 0 Å². The molecule has 1 N–H and O–H groups in total. The van der Waals surface area contributed by atoms with Gasteiger partial charge in [-0.3, -0.25) is 4.18 Å². The SMILES string of the molecule is Cc1ccc(S(=O)(=O)N[C@H](/C=C/COS(C)(=O)=O)[C@@H](C)O[Si](C)(C)C(C)(C)C)cc1. The van der Waals surface area contributed by atoms with Crippen LogP contribution in [0.2, 0.25) is 18.1 Å². The molecule has 0 spiro atoms. The molecule has 1 aromatic rings. The zero-order chi connectivity index (χ0) is 23.4. The standard InChI is InChI=1S/C20H35NO6S2Si/c1-16-11-13-18(14-12-16)29(24,25)21-19(10-9-15-26-28(6,22)23)17(2)27-30(7,8)20(3,4)5/h9-14,17,19,21H,15H2,1-8H3/b10-9+/t17-,19-/m1/s1. The van der Waals surface area contributed by atoms with Crippen molar-refractivity contribution >= 4 is 28.5 Å². The average molecular weight is 478 g/mol. The summed E-state index contributed by atoms with van der Waals surface area (Å²) in [4.78, 5) is 0.151. The predicted octanol–water partition coefficient (Wildman–Crippen LogP) is 3.58. The molecule has 0 saturated heterocycles. The van der Waals surface area contributed by atoms with Crippen LogP contribution in [0, 0.1) is 6.92 Å². The van der Waals surface area contributed by atoms with E-state index in [1.165, 1.54) is 6.08 Å². The van der Waals surface area contributed by atoms with Crippen molar-refractivity contribution in [2.24, 2.45) is 0 Å². The van der Waals surface area contributed by atoms with Gasteiger partial charge < -0.3 is 4.43 Å². The van der Waals surface area contributed by atoms with E-state index in [-0.39, 0.29) is 16.5 Å². The molecule has 0 bridgehead atoms. The summed E-state index contributed by atoms with van der Waals surface area (Å²) >= 11 is 0. The van der Waals surface area contributed by atoms with Crippen molar-refractivity contribution in [3.05, 3.63) is 42.0 Å². The zero-order valence-corrected chi connectivity index (χ0v) is 21.7. The maximum atomic E-state index is 12.9. The average Bonchev–Trinajstić information content (AvgIpc) is 2.55. The molecule has 0 fully saturated rings. The molecule has 0 amide bonds. The second-order valence-corrected chi connectivity index (χ2v) is 17.1. The van der Waals surface area contributed by atoms with Crippen LogP contribution in [0.1, 0.15) is 33.3 Å². The molecule has 1 rings (SSSR count). The molecule has 1 aromatic carbocycles. The minimum Gasteiger partial charge on any atom is -0.412 e. The van der Waals surface area contributed by atoms with E-state index in [1.807, 2.05) is 13.8 Å². The molecule has 0 aliphatic heterocycles. The fraction of sp³-hybridized carbons (Fsp3) is 0.600. The van der Waals surface area contributed by atoms with Gasteiger partial charge in [-0.15, -0.1) is 0 Å². The van der Waals surface area contributed by atoms with E-state index < -0.39 is 40.6 Å². The van der Waals surface area contributed by atoms with Gasteiger partial charge in [0.2, 0.25) is 10.0 Å². The third-order valence-electron chi connectivity index (χ3n) is 5.14. The first-order valence-electron chi connectivity index (χ1n) is 9.72. The predicted molar refractivity (Wildman–Crippen MR) is 123 cm³/mol. The number of sulfonamides is 1. The summed E-state index contributed by atoms with van der Waals surface area (Å²) in [6, 6.07) is 5.85. The lowest BCUT2D eigenvalue weighted by Gasteiger charge is -2.40. The first-order valence-corrected chi connectivity index (χ1v) is 15.9. The highest BCUT2D eigenvalue weighted by molar-refractivity contribution is 7.89. The molecular formula is C20H35NO6S2Si. The van der Waals surface area contributed by atoms with E-state index in [0.29, 0.717) is 0 Å². The Morgan fingerprint density at radius 1 is 1.10 bits per heavy atom. The van der Waals surface area contributed by atoms with Crippen molar-refractivity contribution in [1.82, 2.24) is 4.72 Å². The Morgan fingerprint density at radius 2 is 1.63 bits per heavy atom. The molecular weight excluding hydrogens is 442 g/mol. The first-order chi connectivity index (χ1) is 13.4. The molecule has 10 heteroatoms. The molecule has 7 nitrogen and oxygen atoms in total. The summed E-state index contributed by atoms with van der Waals surface area (Å²) in [5.41, 5.74) is 0.956. The van der Waals surface area contributed by atoms with Crippen LogP contribution in [-0.2, 0) is 28.8 Å². The Kier molecular flexibility index (Phi) is 9.04. The van der Waals surface area contributed by atoms with Gasteiger partial charge in [-0.1, -0.05) is 50.6 Å². The molecule has 30 heavy (non-hydrogen) atoms. The van der Waals surface area contributed by atoms with Gasteiger partial charge in [0.1, 0.15) is 0 Å². The van der Waals surface area contributed by atoms with Crippen LogP contribution in [0.15, 0.2) is 41.3 Å². The summed E-state index contributed by atoms with van der Waals surface area (Å²) in [6.07, 6.45) is 3.55. The highest BCUT2D eigenvalue weighted by Gasteiger charge is 2.40. The minimum atomic E-state index is -3.80. The largest absolute Gasteiger partial charge is 0.412 e. The summed E-state index contributed by atoms with van der Waals surface area (Å²) < 4.78 is 61.9. The number of rotatable bonds is 10. The summed E-state index contributed by atoms with van der Waals surface area (Å²) in [6.45, 7) is 14.0. The Morgan fingerprint density at radius 3 is 2.10 bits per heavy atom. The number of hydrogen-bond donors (Lipinski definition) is 1. The van der Waals surface area contributed by atoms with Gasteiger partial charge >= 0.3 is 0 Å². The van der Waals surface area contributed by atoms with Crippen LogP contribution in [0.3, 0.4) is 0 Å². The molecule has 0 saturated carbocycles. The number of hydrogen-bond acceptors (Lipinski definition) is 6. The maximum Gasteiger partial charge on any atom is 0.264 e. The quantitative estimate of drug-likeness (QED) is 0.314. The summed E-state index contributed by atoms with van der Waals surface area (Å²) in [5.74, 6) is 0. The highest BCUT2D eigenvalue weighted by atomic mass is 32.2. The van der Waals surface area contributed by atoms with Gasteiger partial charge in [-0.05, 0) is 44.1 Å². The molecule has 0 aromatic heterocycles. The van der Waals surface area contributed by atoms with E-state index in [1.54, 1.807) is 30.3 Å². The van der Waals surface area contributed by atoms with E-state index in [9.17, 15) is 16.8 Å². The topological polar surface area (TPSA) is 98.8 Å². The van der Waals surface area contributed by atoms with Crippen molar-refractivity contribution in [2.75, 3.05) is 12.9 Å². The lowest BCUT2D eigenvalue weighted by molar-refractivity contribution is 0.179. The van der Waals surface area contributed by atoms with Crippen molar-refractivity contribution in [1.29, 1.82) is 0 Å². The van der Waals surface area contributed by atoms with Crippen molar-refractivity contribution < 1.29 is 25.4 Å². The highest BCUT2D eigenvalue weighted by Crippen LogP contribution is 2.37. The summed E-state index contributed by atoms with van der Waals surface area (Å²) in [7, 11) is -9.56. The molecule has 2 atom stereocenters. The summed E-state index contributed by atoms with van der Waals surface area (Å²) in [5, 5.41) is -0.0508. The third kappa shape index (κ3) is 8.60. The molecule has 0 radical (unpaired) electrons. The number of nitrogens with one attached hydrogen (secondary N) is 1. The van der Waals surface area contributed by atoms with Gasteiger partial charge in [0.25, 0.3) is 10.1 Å². The van der Waals surface area contributed by atoms with Crippen LogP contribution in [0.5, 0.6) is 0 Å². The van der Waals surface area contributed by atoms with E-state index >= 15 is 0 Å². The second-order valence-electron chi connectivity index (χ2n) is 8.96. The monoisotopic (exact) mass is 477 g/mol. The maximum absolute atomic E-state index is 12.9. The van der Waals surface area contributed by atoms with Crippen molar-refractivity contribution in [3.8, 4) is 0 Å². The Bertz CT molecular complexity index is 933. The van der Waals surface area contributed by atoms with E-state index in [4.69, 9.17) is 8.61 Å². The van der Waals surface area contributed by atoms with Crippen LogP contribution >= 0.6 is 0 Å². The Labute approximate surface area is 183 Å². The molecule has 0 aliphatic carbocycles. The van der Waals surface area contributed by atoms with E-state index in [0.717, 1.165) is 11.8 Å². The van der Waals surface area contributed by atoms with Gasteiger partial charge in [0, 0.05) is 0 Å². The van der Waals surface area contributed by atoms with Crippen molar-refractivity contribution in [3.63, 3.8) is 0 Å². The fourth-order valence-corrected chi connectivity index (χ4v) is 5.35. The van der Waals surface area contributed by atoms with Crippen molar-refractivity contribution in [2.45, 2.75) is 69.8 Å². The lowest BCUT2D eigenvalue weighted by Crippen LogP contribution is -2.50. The van der Waals surface area contributed by atoms with Gasteiger partial charge in [0.15, 0.2) is 8.32 Å². The van der Waals surface area contributed by atoms with Crippen LogP contribution in [-0.4, -0.2) is 50.2 Å². The molecule has 0 unspecified atom stereocenters. The molecule has 0 heterocycles. The zero-order valence-electron chi connectivity index (χ0n) is 19.1. The van der Waals surface area contributed by atoms with Crippen LogP contribution in [0.4, 0.5) is 0 Å².